The lowest BCUT2D eigenvalue weighted by Crippen LogP contribution is -2.16. The zero-order chi connectivity index (χ0) is 12.8. The van der Waals surface area contributed by atoms with E-state index in [1.54, 1.807) is 13.3 Å². The molecule has 0 aliphatic heterocycles. The Kier molecular flexibility index (Phi) is 5.26. The van der Waals surface area contributed by atoms with E-state index in [1.165, 1.54) is 12.8 Å². The Hall–Kier alpha value is -1.25. The number of nitrogens with one attached hydrogen (secondary N) is 1. The molecule has 1 aromatic rings. The van der Waals surface area contributed by atoms with Gasteiger partial charge in [0.15, 0.2) is 5.75 Å². The zero-order valence-corrected chi connectivity index (χ0v) is 11.6. The second kappa shape index (κ2) is 6.48. The molecule has 0 aromatic carbocycles. The Morgan fingerprint density at radius 1 is 1.29 bits per heavy atom. The molecular formula is C14H24N2O. The van der Waals surface area contributed by atoms with Crippen molar-refractivity contribution in [2.75, 3.05) is 12.4 Å². The minimum absolute atomic E-state index is 0.452. The molecular weight excluding hydrogens is 212 g/mol. The highest BCUT2D eigenvalue weighted by Crippen LogP contribution is 2.25. The average Bonchev–Trinajstić information content (AvgIpc) is 2.27. The molecule has 0 aliphatic rings. The molecule has 17 heavy (non-hydrogen) atoms. The Morgan fingerprint density at radius 3 is 2.59 bits per heavy atom. The summed E-state index contributed by atoms with van der Waals surface area (Å²) < 4.78 is 5.30. The number of aromatic nitrogens is 1. The maximum atomic E-state index is 5.30. The van der Waals surface area contributed by atoms with Crippen molar-refractivity contribution in [1.29, 1.82) is 0 Å². The van der Waals surface area contributed by atoms with Gasteiger partial charge in [-0.15, -0.1) is 0 Å². The van der Waals surface area contributed by atoms with Gasteiger partial charge < -0.3 is 10.1 Å². The van der Waals surface area contributed by atoms with Crippen LogP contribution in [0.15, 0.2) is 12.3 Å². The third-order valence-corrected chi connectivity index (χ3v) is 2.80. The van der Waals surface area contributed by atoms with Crippen molar-refractivity contribution in [1.82, 2.24) is 4.98 Å². The molecule has 0 saturated carbocycles. The first-order chi connectivity index (χ1) is 8.02. The summed E-state index contributed by atoms with van der Waals surface area (Å²) in [6, 6.07) is 2.48. The summed E-state index contributed by atoms with van der Waals surface area (Å²) in [6.07, 6.45) is 4.18. The van der Waals surface area contributed by atoms with E-state index in [2.05, 4.69) is 31.1 Å². The quantitative estimate of drug-likeness (QED) is 0.819. The van der Waals surface area contributed by atoms with Gasteiger partial charge in [0.2, 0.25) is 0 Å². The van der Waals surface area contributed by atoms with E-state index in [4.69, 9.17) is 4.74 Å². The third kappa shape index (κ3) is 4.63. The van der Waals surface area contributed by atoms with Gasteiger partial charge in [0.25, 0.3) is 0 Å². The van der Waals surface area contributed by atoms with Gasteiger partial charge in [-0.2, -0.15) is 0 Å². The van der Waals surface area contributed by atoms with Crippen LogP contribution in [0.5, 0.6) is 5.75 Å². The number of ether oxygens (including phenoxy) is 1. The van der Waals surface area contributed by atoms with Gasteiger partial charge in [0.1, 0.15) is 0 Å². The van der Waals surface area contributed by atoms with Gasteiger partial charge in [-0.25, -0.2) is 0 Å². The van der Waals surface area contributed by atoms with Crippen LogP contribution in [0.1, 0.15) is 39.3 Å². The molecule has 96 valence electrons. The summed E-state index contributed by atoms with van der Waals surface area (Å²) in [7, 11) is 1.68. The van der Waals surface area contributed by atoms with Crippen LogP contribution in [0.4, 0.5) is 5.69 Å². The van der Waals surface area contributed by atoms with E-state index in [1.807, 2.05) is 13.0 Å². The van der Waals surface area contributed by atoms with Crippen LogP contribution >= 0.6 is 0 Å². The summed E-state index contributed by atoms with van der Waals surface area (Å²) in [5.41, 5.74) is 2.04. The van der Waals surface area contributed by atoms with E-state index in [9.17, 15) is 0 Å². The van der Waals surface area contributed by atoms with Crippen LogP contribution < -0.4 is 10.1 Å². The summed E-state index contributed by atoms with van der Waals surface area (Å²) in [5.74, 6) is 1.56. The number of methoxy groups -OCH3 is 1. The Bertz CT molecular complexity index is 350. The van der Waals surface area contributed by atoms with Crippen molar-refractivity contribution >= 4 is 5.69 Å². The lowest BCUT2D eigenvalue weighted by Gasteiger charge is -2.18. The maximum absolute atomic E-state index is 5.30. The first-order valence-corrected chi connectivity index (χ1v) is 6.30. The highest BCUT2D eigenvalue weighted by molar-refractivity contribution is 5.56. The smallest absolute Gasteiger partial charge is 0.160 e. The molecule has 1 N–H and O–H groups in total. The Morgan fingerprint density at radius 2 is 2.00 bits per heavy atom. The summed E-state index contributed by atoms with van der Waals surface area (Å²) >= 11 is 0. The van der Waals surface area contributed by atoms with Gasteiger partial charge in [-0.3, -0.25) is 4.98 Å². The van der Waals surface area contributed by atoms with Crippen LogP contribution in [0, 0.1) is 12.8 Å². The van der Waals surface area contributed by atoms with Crippen LogP contribution in [0.25, 0.3) is 0 Å². The van der Waals surface area contributed by atoms with Gasteiger partial charge >= 0.3 is 0 Å². The van der Waals surface area contributed by atoms with Gasteiger partial charge in [0.05, 0.1) is 19.0 Å². The average molecular weight is 236 g/mol. The highest BCUT2D eigenvalue weighted by atomic mass is 16.5. The van der Waals surface area contributed by atoms with Crippen LogP contribution in [0.2, 0.25) is 0 Å². The number of rotatable bonds is 6. The standard InChI is InChI=1S/C14H24N2O/c1-10(2)6-7-11(3)16-13-8-12(4)15-9-14(13)17-5/h8-11H,6-7H2,1-5H3,(H,15,16). The Balaban J connectivity index is 2.63. The normalized spacial score (nSPS) is 12.6. The molecule has 0 radical (unpaired) electrons. The predicted molar refractivity (Wildman–Crippen MR) is 72.7 cm³/mol. The summed E-state index contributed by atoms with van der Waals surface area (Å²) in [4.78, 5) is 4.23. The fourth-order valence-corrected chi connectivity index (χ4v) is 1.74. The topological polar surface area (TPSA) is 34.1 Å². The molecule has 0 spiro atoms. The molecule has 1 aromatic heterocycles. The number of pyridine rings is 1. The van der Waals surface area contributed by atoms with Crippen molar-refractivity contribution in [3.05, 3.63) is 18.0 Å². The molecule has 0 amide bonds. The third-order valence-electron chi connectivity index (χ3n) is 2.80. The minimum Gasteiger partial charge on any atom is -0.493 e. The zero-order valence-electron chi connectivity index (χ0n) is 11.6. The van der Waals surface area contributed by atoms with Crippen molar-refractivity contribution in [3.63, 3.8) is 0 Å². The molecule has 0 fully saturated rings. The molecule has 1 unspecified atom stereocenters. The van der Waals surface area contributed by atoms with Crippen LogP contribution in [-0.4, -0.2) is 18.1 Å². The lowest BCUT2D eigenvalue weighted by atomic mass is 10.0. The molecule has 1 heterocycles. The summed E-state index contributed by atoms with van der Waals surface area (Å²) in [6.45, 7) is 8.70. The highest BCUT2D eigenvalue weighted by Gasteiger charge is 2.08. The predicted octanol–water partition coefficient (Wildman–Crippen LogP) is 3.64. The second-order valence-electron chi connectivity index (χ2n) is 5.04. The molecule has 0 saturated heterocycles. The number of hydrogen-bond donors (Lipinski definition) is 1. The number of anilines is 1. The fourth-order valence-electron chi connectivity index (χ4n) is 1.74. The van der Waals surface area contributed by atoms with E-state index >= 15 is 0 Å². The van der Waals surface area contributed by atoms with Gasteiger partial charge in [0, 0.05) is 11.7 Å². The molecule has 0 aliphatic carbocycles. The van der Waals surface area contributed by atoms with E-state index in [-0.39, 0.29) is 0 Å². The van der Waals surface area contributed by atoms with Gasteiger partial charge in [-0.05, 0) is 38.7 Å². The number of hydrogen-bond acceptors (Lipinski definition) is 3. The van der Waals surface area contributed by atoms with Gasteiger partial charge in [-0.1, -0.05) is 13.8 Å². The van der Waals surface area contributed by atoms with Crippen molar-refractivity contribution in [3.8, 4) is 5.75 Å². The largest absolute Gasteiger partial charge is 0.493 e. The second-order valence-corrected chi connectivity index (χ2v) is 5.04. The molecule has 3 nitrogen and oxygen atoms in total. The SMILES string of the molecule is COc1cnc(C)cc1NC(C)CCC(C)C. The molecule has 1 rings (SSSR count). The van der Waals surface area contributed by atoms with E-state index < -0.39 is 0 Å². The Labute approximate surface area is 105 Å². The van der Waals surface area contributed by atoms with Crippen LogP contribution in [-0.2, 0) is 0 Å². The van der Waals surface area contributed by atoms with Crippen molar-refractivity contribution in [2.45, 2.75) is 46.6 Å². The maximum Gasteiger partial charge on any atom is 0.160 e. The molecule has 0 bridgehead atoms. The monoisotopic (exact) mass is 236 g/mol. The van der Waals surface area contributed by atoms with Crippen LogP contribution in [0.3, 0.4) is 0 Å². The summed E-state index contributed by atoms with van der Waals surface area (Å²) in [5, 5.41) is 3.49. The fraction of sp³-hybridized carbons (Fsp3) is 0.643. The van der Waals surface area contributed by atoms with Crippen molar-refractivity contribution < 1.29 is 4.74 Å². The number of aryl methyl sites for hydroxylation is 1. The van der Waals surface area contributed by atoms with E-state index in [0.717, 1.165) is 23.0 Å². The molecule has 1 atom stereocenters. The lowest BCUT2D eigenvalue weighted by molar-refractivity contribution is 0.413. The number of nitrogens with zero attached hydrogens (tertiary/aromatic N) is 1. The molecule has 3 heteroatoms. The van der Waals surface area contributed by atoms with E-state index in [0.29, 0.717) is 6.04 Å². The first kappa shape index (κ1) is 13.8. The van der Waals surface area contributed by atoms with Crippen molar-refractivity contribution in [2.24, 2.45) is 5.92 Å². The minimum atomic E-state index is 0.452. The first-order valence-electron chi connectivity index (χ1n) is 6.30.